The lowest BCUT2D eigenvalue weighted by Crippen LogP contribution is -2.40. The zero-order valence-corrected chi connectivity index (χ0v) is 23.3. The van der Waals surface area contributed by atoms with Crippen LogP contribution in [0.25, 0.3) is 5.65 Å². The van der Waals surface area contributed by atoms with Gasteiger partial charge in [-0.1, -0.05) is 0 Å². The van der Waals surface area contributed by atoms with Crippen LogP contribution >= 0.6 is 0 Å². The van der Waals surface area contributed by atoms with Crippen molar-refractivity contribution in [1.82, 2.24) is 19.1 Å². The van der Waals surface area contributed by atoms with Gasteiger partial charge in [0.1, 0.15) is 11.5 Å². The average molecular weight is 590 g/mol. The molecule has 3 aromatic rings. The second kappa shape index (κ2) is 10.5. The molecule has 3 aliphatic rings. The SMILES string of the molecule is O=C(Nc1nc(N2CCC(F)(F)CC2)cc2nccn12)c1ccc(S(=O)(=O)NCCO)cc1N1CCC2(CC1)CC2. The molecule has 1 aromatic carbocycles. The summed E-state index contributed by atoms with van der Waals surface area (Å²) in [7, 11) is -3.90. The lowest BCUT2D eigenvalue weighted by molar-refractivity contribution is -0.0221. The molecular weight excluding hydrogens is 556 g/mol. The molecule has 2 saturated heterocycles. The van der Waals surface area contributed by atoms with Gasteiger partial charge in [0.05, 0.1) is 22.8 Å². The summed E-state index contributed by atoms with van der Waals surface area (Å²) in [6, 6.07) is 6.06. The van der Waals surface area contributed by atoms with Crippen molar-refractivity contribution in [3.05, 3.63) is 42.2 Å². The van der Waals surface area contributed by atoms with Crippen LogP contribution in [-0.2, 0) is 10.0 Å². The van der Waals surface area contributed by atoms with E-state index in [0.717, 1.165) is 12.8 Å². The number of hydrogen-bond acceptors (Lipinski definition) is 8. The number of carbonyl (C=O) groups is 1. The Hall–Kier alpha value is -3.36. The van der Waals surface area contributed by atoms with Crippen LogP contribution in [0, 0.1) is 5.41 Å². The number of fused-ring (bicyclic) bond motifs is 1. The molecule has 3 fully saturated rings. The van der Waals surface area contributed by atoms with E-state index in [1.165, 1.54) is 31.0 Å². The van der Waals surface area contributed by atoms with Gasteiger partial charge in [0.15, 0.2) is 0 Å². The summed E-state index contributed by atoms with van der Waals surface area (Å²) in [5.41, 5.74) is 1.67. The van der Waals surface area contributed by atoms with E-state index in [9.17, 15) is 22.0 Å². The zero-order valence-electron chi connectivity index (χ0n) is 22.5. The number of aliphatic hydroxyl groups is 1. The van der Waals surface area contributed by atoms with Crippen molar-refractivity contribution < 1.29 is 27.1 Å². The van der Waals surface area contributed by atoms with Crippen LogP contribution in [0.2, 0.25) is 0 Å². The highest BCUT2D eigenvalue weighted by atomic mass is 32.2. The normalized spacial score (nSPS) is 20.0. The Morgan fingerprint density at radius 2 is 1.71 bits per heavy atom. The fourth-order valence-electron chi connectivity index (χ4n) is 5.69. The summed E-state index contributed by atoms with van der Waals surface area (Å²) >= 11 is 0. The fourth-order valence-corrected chi connectivity index (χ4v) is 6.73. The highest BCUT2D eigenvalue weighted by molar-refractivity contribution is 7.89. The van der Waals surface area contributed by atoms with Gasteiger partial charge in [-0.05, 0) is 49.3 Å². The van der Waals surface area contributed by atoms with E-state index in [4.69, 9.17) is 5.11 Å². The van der Waals surface area contributed by atoms with E-state index in [2.05, 4.69) is 20.0 Å². The van der Waals surface area contributed by atoms with Gasteiger partial charge in [0, 0.05) is 64.0 Å². The van der Waals surface area contributed by atoms with E-state index in [-0.39, 0.29) is 55.5 Å². The molecule has 0 bridgehead atoms. The van der Waals surface area contributed by atoms with Crippen LogP contribution in [-0.4, -0.2) is 79.1 Å². The maximum absolute atomic E-state index is 13.8. The molecule has 0 radical (unpaired) electrons. The molecule has 0 atom stereocenters. The summed E-state index contributed by atoms with van der Waals surface area (Å²) < 4.78 is 57.2. The average Bonchev–Trinajstić information content (AvgIpc) is 3.52. The molecule has 6 rings (SSSR count). The minimum Gasteiger partial charge on any atom is -0.395 e. The molecule has 2 aromatic heterocycles. The lowest BCUT2D eigenvalue weighted by atomic mass is 9.93. The van der Waals surface area contributed by atoms with Crippen LogP contribution in [0.5, 0.6) is 0 Å². The van der Waals surface area contributed by atoms with Gasteiger partial charge in [-0.15, -0.1) is 0 Å². The number of carbonyl (C=O) groups excluding carboxylic acids is 1. The molecule has 1 spiro atoms. The smallest absolute Gasteiger partial charge is 0.260 e. The van der Waals surface area contributed by atoms with E-state index in [1.54, 1.807) is 27.8 Å². The predicted octanol–water partition coefficient (Wildman–Crippen LogP) is 2.87. The van der Waals surface area contributed by atoms with Crippen LogP contribution in [0.1, 0.15) is 48.9 Å². The number of benzene rings is 1. The minimum atomic E-state index is -3.90. The summed E-state index contributed by atoms with van der Waals surface area (Å²) in [5, 5.41) is 12.0. The van der Waals surface area contributed by atoms with Crippen molar-refractivity contribution in [3.8, 4) is 0 Å². The number of sulfonamides is 1. The molecular formula is C27H33F2N7O4S. The number of hydrogen-bond donors (Lipinski definition) is 3. The lowest BCUT2D eigenvalue weighted by Gasteiger charge is -2.35. The van der Waals surface area contributed by atoms with Gasteiger partial charge in [-0.25, -0.2) is 26.9 Å². The largest absolute Gasteiger partial charge is 0.395 e. The van der Waals surface area contributed by atoms with E-state index in [0.29, 0.717) is 35.7 Å². The number of amides is 1. The molecule has 2 aliphatic heterocycles. The Morgan fingerprint density at radius 1 is 1.00 bits per heavy atom. The highest BCUT2D eigenvalue weighted by Gasteiger charge is 2.44. The summed E-state index contributed by atoms with van der Waals surface area (Å²) in [6.45, 7) is 1.20. The highest BCUT2D eigenvalue weighted by Crippen LogP contribution is 2.54. The molecule has 1 amide bonds. The molecule has 11 nitrogen and oxygen atoms in total. The standard InChI is InChI=1S/C27H33F2N7O4S/c28-27(29)7-13-35(14-8-27)23-18-22-30-9-15-36(22)25(32-23)33-24(38)20-2-1-19(41(39,40)31-10-16-37)17-21(20)34-11-5-26(3-4-26)6-12-34/h1-2,9,15,17-18,31,37H,3-8,10-14,16H2,(H,32,33,38). The van der Waals surface area contributed by atoms with Gasteiger partial charge in [0.2, 0.25) is 16.0 Å². The molecule has 220 valence electrons. The number of aromatic nitrogens is 3. The topological polar surface area (TPSA) is 132 Å². The summed E-state index contributed by atoms with van der Waals surface area (Å²) in [5.74, 6) is -2.57. The number of rotatable bonds is 8. The third-order valence-electron chi connectivity index (χ3n) is 8.47. The Balaban J connectivity index is 1.32. The number of aliphatic hydroxyl groups excluding tert-OH is 1. The molecule has 0 unspecified atom stereocenters. The predicted molar refractivity (Wildman–Crippen MR) is 149 cm³/mol. The monoisotopic (exact) mass is 589 g/mol. The van der Waals surface area contributed by atoms with Crippen LogP contribution in [0.15, 0.2) is 41.6 Å². The van der Waals surface area contributed by atoms with Crippen molar-refractivity contribution in [2.45, 2.75) is 49.3 Å². The number of imidazole rings is 1. The summed E-state index contributed by atoms with van der Waals surface area (Å²) in [6.07, 6.45) is 7.00. The van der Waals surface area contributed by atoms with Gasteiger partial charge < -0.3 is 14.9 Å². The van der Waals surface area contributed by atoms with Gasteiger partial charge in [0.25, 0.3) is 11.8 Å². The Kier molecular flexibility index (Phi) is 7.10. The van der Waals surface area contributed by atoms with E-state index in [1.807, 2.05) is 4.90 Å². The van der Waals surface area contributed by atoms with Crippen molar-refractivity contribution >= 4 is 39.0 Å². The van der Waals surface area contributed by atoms with Crippen molar-refractivity contribution in [1.29, 1.82) is 0 Å². The first-order valence-electron chi connectivity index (χ1n) is 13.9. The zero-order chi connectivity index (χ0) is 28.8. The van der Waals surface area contributed by atoms with Crippen molar-refractivity contribution in [2.75, 3.05) is 54.4 Å². The Morgan fingerprint density at radius 3 is 2.39 bits per heavy atom. The number of nitrogens with one attached hydrogen (secondary N) is 2. The van der Waals surface area contributed by atoms with Crippen LogP contribution in [0.4, 0.5) is 26.2 Å². The van der Waals surface area contributed by atoms with Crippen LogP contribution in [0.3, 0.4) is 0 Å². The van der Waals surface area contributed by atoms with Gasteiger partial charge in [-0.2, -0.15) is 4.98 Å². The number of alkyl halides is 2. The fraction of sp³-hybridized carbons (Fsp3) is 0.519. The molecule has 14 heteroatoms. The molecule has 41 heavy (non-hydrogen) atoms. The maximum Gasteiger partial charge on any atom is 0.260 e. The first-order valence-corrected chi connectivity index (χ1v) is 15.3. The van der Waals surface area contributed by atoms with Crippen molar-refractivity contribution in [2.24, 2.45) is 5.41 Å². The van der Waals surface area contributed by atoms with E-state index >= 15 is 0 Å². The Bertz CT molecular complexity index is 1550. The maximum atomic E-state index is 13.8. The van der Waals surface area contributed by atoms with Gasteiger partial charge >= 0.3 is 0 Å². The third kappa shape index (κ3) is 5.72. The molecule has 1 saturated carbocycles. The first kappa shape index (κ1) is 27.8. The summed E-state index contributed by atoms with van der Waals surface area (Å²) in [4.78, 5) is 26.5. The second-order valence-corrected chi connectivity index (χ2v) is 12.9. The first-order chi connectivity index (χ1) is 19.6. The third-order valence-corrected chi connectivity index (χ3v) is 9.93. The van der Waals surface area contributed by atoms with Crippen LogP contribution < -0.4 is 19.8 Å². The minimum absolute atomic E-state index is 0.00299. The molecule has 1 aliphatic carbocycles. The number of nitrogens with zero attached hydrogens (tertiary/aromatic N) is 5. The number of anilines is 3. The quantitative estimate of drug-likeness (QED) is 0.366. The second-order valence-electron chi connectivity index (χ2n) is 11.2. The molecule has 3 N–H and O–H groups in total. The Labute approximate surface area is 236 Å². The number of halogens is 2. The van der Waals surface area contributed by atoms with Crippen molar-refractivity contribution in [3.63, 3.8) is 0 Å². The van der Waals surface area contributed by atoms with E-state index < -0.39 is 21.9 Å². The van der Waals surface area contributed by atoms with Gasteiger partial charge in [-0.3, -0.25) is 14.5 Å². The number of piperidine rings is 2. The molecule has 4 heterocycles.